The minimum atomic E-state index is -0.229. The van der Waals surface area contributed by atoms with Crippen LogP contribution in [-0.4, -0.2) is 33.2 Å². The van der Waals surface area contributed by atoms with Crippen LogP contribution >= 0.6 is 11.8 Å². The molecule has 0 saturated carbocycles. The largest absolute Gasteiger partial charge is 1.00 e. The molecular formula is C19H26Cl2N2O2S. The van der Waals surface area contributed by atoms with Gasteiger partial charge in [0.05, 0.1) is 32.8 Å². The molecule has 0 spiro atoms. The second-order valence-corrected chi connectivity index (χ2v) is 7.09. The second kappa shape index (κ2) is 13.0. The van der Waals surface area contributed by atoms with Gasteiger partial charge in [-0.05, 0) is 35.9 Å². The SMILES string of the molecule is C[NH+](C)CCCOC(=O)c1ccccc1CSc1ccc([NH3+])cc1.[Cl-].[Cl-]. The number of carbonyl (C=O) groups is 1. The number of quaternary nitrogens is 2. The minimum absolute atomic E-state index is 0. The fraction of sp³-hybridized carbons (Fsp3) is 0.316. The van der Waals surface area contributed by atoms with E-state index in [1.165, 1.54) is 9.80 Å². The maximum atomic E-state index is 12.3. The Morgan fingerprint density at radius 3 is 2.38 bits per heavy atom. The van der Waals surface area contributed by atoms with Gasteiger partial charge in [-0.25, -0.2) is 4.79 Å². The molecule has 2 aromatic carbocycles. The number of hydrogen-bond acceptors (Lipinski definition) is 3. The molecule has 0 heterocycles. The summed E-state index contributed by atoms with van der Waals surface area (Å²) in [5.74, 6) is 0.511. The zero-order valence-corrected chi connectivity index (χ0v) is 17.5. The molecule has 0 unspecified atom stereocenters. The lowest BCUT2D eigenvalue weighted by atomic mass is 10.1. The highest BCUT2D eigenvalue weighted by Crippen LogP contribution is 2.25. The van der Waals surface area contributed by atoms with E-state index < -0.39 is 0 Å². The van der Waals surface area contributed by atoms with Gasteiger partial charge in [0.2, 0.25) is 0 Å². The van der Waals surface area contributed by atoms with Crippen molar-refractivity contribution in [1.82, 2.24) is 0 Å². The molecule has 7 heteroatoms. The molecule has 144 valence electrons. The summed E-state index contributed by atoms with van der Waals surface area (Å²) in [7, 11) is 4.19. The summed E-state index contributed by atoms with van der Waals surface area (Å²) in [5, 5.41) is 0. The summed E-state index contributed by atoms with van der Waals surface area (Å²) in [6, 6.07) is 15.8. The number of benzene rings is 2. The molecular weight excluding hydrogens is 391 g/mol. The number of hydrogen-bond donors (Lipinski definition) is 2. The molecule has 0 aliphatic heterocycles. The fourth-order valence-corrected chi connectivity index (χ4v) is 3.16. The average Bonchev–Trinajstić information content (AvgIpc) is 2.58. The summed E-state index contributed by atoms with van der Waals surface area (Å²) in [6.45, 7) is 1.46. The summed E-state index contributed by atoms with van der Waals surface area (Å²) in [5.41, 5.74) is 6.56. The lowest BCUT2D eigenvalue weighted by Gasteiger charge is -2.10. The monoisotopic (exact) mass is 416 g/mol. The number of rotatable bonds is 8. The smallest absolute Gasteiger partial charge is 0.338 e. The molecule has 4 N–H and O–H groups in total. The van der Waals surface area contributed by atoms with Crippen LogP contribution < -0.4 is 35.4 Å². The molecule has 0 aliphatic carbocycles. The third-order valence-electron chi connectivity index (χ3n) is 3.61. The van der Waals surface area contributed by atoms with Gasteiger partial charge in [-0.1, -0.05) is 18.2 Å². The number of ether oxygens (including phenoxy) is 1. The molecule has 0 aliphatic rings. The van der Waals surface area contributed by atoms with Gasteiger partial charge in [0, 0.05) is 17.1 Å². The van der Waals surface area contributed by atoms with Gasteiger partial charge in [-0.15, -0.1) is 11.8 Å². The fourth-order valence-electron chi connectivity index (χ4n) is 2.26. The number of nitrogens with one attached hydrogen (secondary N) is 1. The first-order chi connectivity index (χ1) is 11.6. The van der Waals surface area contributed by atoms with Crippen molar-refractivity contribution in [3.8, 4) is 0 Å². The molecule has 0 bridgehead atoms. The van der Waals surface area contributed by atoms with Crippen LogP contribution in [0.2, 0.25) is 0 Å². The van der Waals surface area contributed by atoms with Crippen molar-refractivity contribution in [3.63, 3.8) is 0 Å². The minimum Gasteiger partial charge on any atom is -1.00 e. The quantitative estimate of drug-likeness (QED) is 0.259. The molecule has 0 saturated heterocycles. The Labute approximate surface area is 172 Å². The van der Waals surface area contributed by atoms with Gasteiger partial charge in [0.1, 0.15) is 5.69 Å². The van der Waals surface area contributed by atoms with Crippen LogP contribution in [0, 0.1) is 0 Å². The molecule has 26 heavy (non-hydrogen) atoms. The zero-order chi connectivity index (χ0) is 17.4. The van der Waals surface area contributed by atoms with Gasteiger partial charge >= 0.3 is 5.97 Å². The predicted octanol–water partition coefficient (Wildman–Crippen LogP) is -4.45. The van der Waals surface area contributed by atoms with Gasteiger partial charge in [0.15, 0.2) is 0 Å². The highest BCUT2D eigenvalue weighted by molar-refractivity contribution is 7.98. The lowest BCUT2D eigenvalue weighted by Crippen LogP contribution is -3.05. The van der Waals surface area contributed by atoms with Crippen LogP contribution in [0.5, 0.6) is 0 Å². The van der Waals surface area contributed by atoms with Crippen LogP contribution in [0.4, 0.5) is 5.69 Å². The molecule has 4 nitrogen and oxygen atoms in total. The van der Waals surface area contributed by atoms with Gasteiger partial charge < -0.3 is 40.2 Å². The molecule has 0 aromatic heterocycles. The Morgan fingerprint density at radius 2 is 1.73 bits per heavy atom. The maximum Gasteiger partial charge on any atom is 0.338 e. The highest BCUT2D eigenvalue weighted by Gasteiger charge is 2.12. The van der Waals surface area contributed by atoms with E-state index in [2.05, 4.69) is 32.0 Å². The average molecular weight is 417 g/mol. The first-order valence-corrected chi connectivity index (χ1v) is 9.13. The van der Waals surface area contributed by atoms with Crippen LogP contribution in [0.1, 0.15) is 22.3 Å². The Hall–Kier alpha value is -1.24. The molecule has 2 rings (SSSR count). The third-order valence-corrected chi connectivity index (χ3v) is 4.67. The summed E-state index contributed by atoms with van der Waals surface area (Å²) < 4.78 is 5.42. The number of esters is 1. The van der Waals surface area contributed by atoms with E-state index in [1.807, 2.05) is 36.4 Å². The standard InChI is InChI=1S/C19H24N2O2S.2ClH/c1-21(2)12-5-13-23-19(22)18-7-4-3-6-15(18)14-24-17-10-8-16(20)9-11-17;;/h3-4,6-11H,5,12-14,20H2,1-2H3;2*1H. The Kier molecular flexibility index (Phi) is 12.4. The van der Waals surface area contributed by atoms with Crippen molar-refractivity contribution in [1.29, 1.82) is 0 Å². The van der Waals surface area contributed by atoms with Crippen LogP contribution in [-0.2, 0) is 10.5 Å². The molecule has 2 aromatic rings. The maximum absolute atomic E-state index is 12.3. The van der Waals surface area contributed by atoms with Gasteiger partial charge in [0.25, 0.3) is 0 Å². The van der Waals surface area contributed by atoms with E-state index >= 15 is 0 Å². The van der Waals surface area contributed by atoms with Crippen molar-refractivity contribution in [2.75, 3.05) is 27.2 Å². The predicted molar refractivity (Wildman–Crippen MR) is 97.6 cm³/mol. The van der Waals surface area contributed by atoms with E-state index in [4.69, 9.17) is 4.74 Å². The van der Waals surface area contributed by atoms with Crippen molar-refractivity contribution >= 4 is 23.4 Å². The highest BCUT2D eigenvalue weighted by atomic mass is 35.5. The molecule has 0 radical (unpaired) electrons. The van der Waals surface area contributed by atoms with E-state index in [1.54, 1.807) is 11.8 Å². The number of halogens is 2. The zero-order valence-electron chi connectivity index (χ0n) is 15.1. The van der Waals surface area contributed by atoms with Crippen molar-refractivity contribution < 1.29 is 45.0 Å². The summed E-state index contributed by atoms with van der Waals surface area (Å²) >= 11 is 1.71. The van der Waals surface area contributed by atoms with Crippen molar-refractivity contribution in [2.24, 2.45) is 0 Å². The van der Waals surface area contributed by atoms with Crippen LogP contribution in [0.25, 0.3) is 0 Å². The first-order valence-electron chi connectivity index (χ1n) is 8.15. The Balaban J connectivity index is 0.00000312. The van der Waals surface area contributed by atoms with E-state index in [-0.39, 0.29) is 30.8 Å². The van der Waals surface area contributed by atoms with Crippen LogP contribution in [0.15, 0.2) is 53.4 Å². The van der Waals surface area contributed by atoms with Crippen LogP contribution in [0.3, 0.4) is 0 Å². The normalized spacial score (nSPS) is 10.0. The lowest BCUT2D eigenvalue weighted by molar-refractivity contribution is -0.858. The Bertz CT molecular complexity index is 667. The first kappa shape index (κ1) is 24.8. The molecule has 0 amide bonds. The van der Waals surface area contributed by atoms with Gasteiger partial charge in [-0.3, -0.25) is 0 Å². The molecule has 0 atom stereocenters. The van der Waals surface area contributed by atoms with Gasteiger partial charge in [-0.2, -0.15) is 0 Å². The summed E-state index contributed by atoms with van der Waals surface area (Å²) in [4.78, 5) is 14.8. The summed E-state index contributed by atoms with van der Waals surface area (Å²) in [6.07, 6.45) is 0.877. The number of carbonyl (C=O) groups excluding carboxylic acids is 1. The van der Waals surface area contributed by atoms with Crippen molar-refractivity contribution in [3.05, 3.63) is 59.7 Å². The van der Waals surface area contributed by atoms with E-state index in [9.17, 15) is 4.79 Å². The second-order valence-electron chi connectivity index (χ2n) is 6.04. The van der Waals surface area contributed by atoms with E-state index in [0.29, 0.717) is 12.2 Å². The molecule has 0 fully saturated rings. The number of thioether (sulfide) groups is 1. The third kappa shape index (κ3) is 8.43. The van der Waals surface area contributed by atoms with E-state index in [0.717, 1.165) is 30.0 Å². The topological polar surface area (TPSA) is 58.4 Å². The van der Waals surface area contributed by atoms with Crippen molar-refractivity contribution in [2.45, 2.75) is 17.1 Å². The Morgan fingerprint density at radius 1 is 1.08 bits per heavy atom.